The van der Waals surface area contributed by atoms with Gasteiger partial charge < -0.3 is 24.7 Å². The number of H-pyrrole nitrogens is 1. The molecule has 0 spiro atoms. The van der Waals surface area contributed by atoms with Crippen molar-refractivity contribution >= 4 is 28.7 Å². The molecule has 0 atom stereocenters. The Morgan fingerprint density at radius 3 is 2.60 bits per heavy atom. The number of amides is 1. The standard InChI is InChI=1S/C30H34F3N7O3/c1-19(2)18-43-28-22(21-7-8-34-16-24(21)42-3)4-5-23-27(28)38-29(36-23)37-25-14-20(6-9-35-25)17-39-10-12-40(13-11-39)26(41)15-30(31,32)33/h4-9,14,16,19H,10-13,15,17-18H2,1-3H3,(H2,35,36,37,38). The number of carbonyl (C=O) groups is 1. The van der Waals surface area contributed by atoms with Gasteiger partial charge in [0.25, 0.3) is 0 Å². The summed E-state index contributed by atoms with van der Waals surface area (Å²) in [7, 11) is 1.60. The summed E-state index contributed by atoms with van der Waals surface area (Å²) in [6, 6.07) is 9.54. The number of benzene rings is 1. The molecule has 13 heteroatoms. The molecular formula is C30H34F3N7O3. The predicted molar refractivity (Wildman–Crippen MR) is 156 cm³/mol. The number of anilines is 2. The van der Waals surface area contributed by atoms with Crippen molar-refractivity contribution in [2.45, 2.75) is 33.0 Å². The number of piperazine rings is 1. The first-order chi connectivity index (χ1) is 20.6. The smallest absolute Gasteiger partial charge is 0.397 e. The summed E-state index contributed by atoms with van der Waals surface area (Å²) in [6.45, 7) is 6.75. The minimum Gasteiger partial charge on any atom is -0.494 e. The molecule has 0 unspecified atom stereocenters. The third kappa shape index (κ3) is 7.53. The van der Waals surface area contributed by atoms with Gasteiger partial charge >= 0.3 is 6.18 Å². The lowest BCUT2D eigenvalue weighted by atomic mass is 10.0. The molecule has 0 radical (unpaired) electrons. The van der Waals surface area contributed by atoms with Gasteiger partial charge in [0.2, 0.25) is 11.9 Å². The Bertz CT molecular complexity index is 1570. The van der Waals surface area contributed by atoms with Gasteiger partial charge in [-0.1, -0.05) is 13.8 Å². The van der Waals surface area contributed by atoms with Crippen LogP contribution in [0, 0.1) is 5.92 Å². The van der Waals surface area contributed by atoms with Gasteiger partial charge in [0, 0.05) is 56.2 Å². The zero-order valence-corrected chi connectivity index (χ0v) is 24.2. The molecule has 1 aliphatic rings. The fraction of sp³-hybridized carbons (Fsp3) is 0.400. The van der Waals surface area contributed by atoms with Crippen LogP contribution in [0.5, 0.6) is 11.5 Å². The van der Waals surface area contributed by atoms with E-state index in [-0.39, 0.29) is 13.1 Å². The van der Waals surface area contributed by atoms with Gasteiger partial charge in [0.05, 0.1) is 25.4 Å². The van der Waals surface area contributed by atoms with Crippen LogP contribution in [0.25, 0.3) is 22.2 Å². The lowest BCUT2D eigenvalue weighted by molar-refractivity contribution is -0.162. The zero-order valence-electron chi connectivity index (χ0n) is 24.2. The van der Waals surface area contributed by atoms with Crippen LogP contribution in [0.4, 0.5) is 24.9 Å². The fourth-order valence-corrected chi connectivity index (χ4v) is 4.95. The van der Waals surface area contributed by atoms with Crippen molar-refractivity contribution in [3.05, 3.63) is 54.5 Å². The number of fused-ring (bicyclic) bond motifs is 1. The van der Waals surface area contributed by atoms with E-state index in [4.69, 9.17) is 14.5 Å². The van der Waals surface area contributed by atoms with Gasteiger partial charge in [-0.05, 0) is 41.8 Å². The summed E-state index contributed by atoms with van der Waals surface area (Å²) in [6.07, 6.45) is -0.849. The van der Waals surface area contributed by atoms with Crippen LogP contribution >= 0.6 is 0 Å². The van der Waals surface area contributed by atoms with Crippen LogP contribution in [-0.4, -0.2) is 81.7 Å². The van der Waals surface area contributed by atoms with E-state index in [1.165, 1.54) is 4.90 Å². The molecule has 2 N–H and O–H groups in total. The average molecular weight is 598 g/mol. The number of ether oxygens (including phenoxy) is 2. The Labute approximate surface area is 247 Å². The number of alkyl halides is 3. The van der Waals surface area contributed by atoms with Crippen LogP contribution in [0.2, 0.25) is 0 Å². The Hall–Kier alpha value is -4.39. The summed E-state index contributed by atoms with van der Waals surface area (Å²) in [4.78, 5) is 31.9. The quantitative estimate of drug-likeness (QED) is 0.250. The molecule has 1 fully saturated rings. The molecule has 10 nitrogen and oxygen atoms in total. The van der Waals surface area contributed by atoms with E-state index in [0.717, 1.165) is 22.2 Å². The highest BCUT2D eigenvalue weighted by molar-refractivity contribution is 5.93. The highest BCUT2D eigenvalue weighted by Gasteiger charge is 2.34. The van der Waals surface area contributed by atoms with Crippen molar-refractivity contribution in [1.82, 2.24) is 29.7 Å². The number of aromatic amines is 1. The van der Waals surface area contributed by atoms with Gasteiger partial charge in [-0.2, -0.15) is 13.2 Å². The number of pyridine rings is 2. The molecule has 4 aromatic rings. The van der Waals surface area contributed by atoms with Gasteiger partial charge in [-0.15, -0.1) is 0 Å². The Morgan fingerprint density at radius 1 is 1.09 bits per heavy atom. The van der Waals surface area contributed by atoms with Crippen LogP contribution in [-0.2, 0) is 11.3 Å². The molecule has 1 aromatic carbocycles. The molecule has 1 aliphatic heterocycles. The molecule has 4 heterocycles. The maximum Gasteiger partial charge on any atom is 0.397 e. The first kappa shape index (κ1) is 30.1. The first-order valence-corrected chi connectivity index (χ1v) is 14.0. The van der Waals surface area contributed by atoms with Crippen molar-refractivity contribution in [3.63, 3.8) is 0 Å². The van der Waals surface area contributed by atoms with Crippen LogP contribution in [0.3, 0.4) is 0 Å². The summed E-state index contributed by atoms with van der Waals surface area (Å²) >= 11 is 0. The van der Waals surface area contributed by atoms with E-state index >= 15 is 0 Å². The topological polar surface area (TPSA) is 109 Å². The summed E-state index contributed by atoms with van der Waals surface area (Å²) in [5, 5.41) is 3.24. The predicted octanol–water partition coefficient (Wildman–Crippen LogP) is 5.40. The number of methoxy groups -OCH3 is 1. The van der Waals surface area contributed by atoms with Gasteiger partial charge in [-0.3, -0.25) is 14.7 Å². The number of carbonyl (C=O) groups excluding carboxylic acids is 1. The van der Waals surface area contributed by atoms with E-state index in [1.807, 2.05) is 30.3 Å². The number of nitrogens with one attached hydrogen (secondary N) is 2. The zero-order chi connectivity index (χ0) is 30.6. The fourth-order valence-electron chi connectivity index (χ4n) is 4.95. The van der Waals surface area contributed by atoms with Crippen LogP contribution < -0.4 is 14.8 Å². The molecule has 0 saturated carbocycles. The average Bonchev–Trinajstić information content (AvgIpc) is 3.38. The second-order valence-corrected chi connectivity index (χ2v) is 10.8. The minimum atomic E-state index is -4.49. The van der Waals surface area contributed by atoms with E-state index in [0.29, 0.717) is 60.9 Å². The Morgan fingerprint density at radius 2 is 1.88 bits per heavy atom. The maximum absolute atomic E-state index is 12.6. The number of aromatic nitrogens is 4. The largest absolute Gasteiger partial charge is 0.494 e. The molecule has 3 aromatic heterocycles. The summed E-state index contributed by atoms with van der Waals surface area (Å²) in [5.74, 6) is 1.78. The molecular weight excluding hydrogens is 563 g/mol. The van der Waals surface area contributed by atoms with Gasteiger partial charge in [0.1, 0.15) is 23.5 Å². The number of rotatable bonds is 10. The number of hydrogen-bond acceptors (Lipinski definition) is 8. The third-order valence-corrected chi connectivity index (χ3v) is 7.02. The minimum absolute atomic E-state index is 0.263. The molecule has 0 bridgehead atoms. The lowest BCUT2D eigenvalue weighted by Crippen LogP contribution is -2.49. The highest BCUT2D eigenvalue weighted by atomic mass is 19.4. The third-order valence-electron chi connectivity index (χ3n) is 7.02. The van der Waals surface area contributed by atoms with Crippen molar-refractivity contribution < 1.29 is 27.4 Å². The Balaban J connectivity index is 1.31. The number of nitrogens with zero attached hydrogens (tertiary/aromatic N) is 5. The summed E-state index contributed by atoms with van der Waals surface area (Å²) < 4.78 is 49.6. The van der Waals surface area contributed by atoms with E-state index < -0.39 is 18.5 Å². The maximum atomic E-state index is 12.6. The second-order valence-electron chi connectivity index (χ2n) is 10.8. The number of hydrogen-bond donors (Lipinski definition) is 2. The molecule has 228 valence electrons. The number of imidazole rings is 1. The van der Waals surface area contributed by atoms with Gasteiger partial charge in [0.15, 0.2) is 5.75 Å². The molecule has 5 rings (SSSR count). The van der Waals surface area contributed by atoms with E-state index in [1.54, 1.807) is 25.7 Å². The van der Waals surface area contributed by atoms with Crippen molar-refractivity contribution in [2.24, 2.45) is 5.92 Å². The highest BCUT2D eigenvalue weighted by Crippen LogP contribution is 2.40. The molecule has 1 amide bonds. The van der Waals surface area contributed by atoms with Crippen molar-refractivity contribution in [1.29, 1.82) is 0 Å². The van der Waals surface area contributed by atoms with Crippen molar-refractivity contribution in [3.8, 4) is 22.6 Å². The molecule has 43 heavy (non-hydrogen) atoms. The van der Waals surface area contributed by atoms with E-state index in [2.05, 4.69) is 39.0 Å². The summed E-state index contributed by atoms with van der Waals surface area (Å²) in [5.41, 5.74) is 4.11. The second kappa shape index (κ2) is 12.9. The Kier molecular flexibility index (Phi) is 9.00. The van der Waals surface area contributed by atoms with Crippen LogP contribution in [0.15, 0.2) is 48.9 Å². The molecule has 1 saturated heterocycles. The lowest BCUT2D eigenvalue weighted by Gasteiger charge is -2.35. The number of halogens is 3. The van der Waals surface area contributed by atoms with Crippen molar-refractivity contribution in [2.75, 3.05) is 45.2 Å². The van der Waals surface area contributed by atoms with Crippen LogP contribution in [0.1, 0.15) is 25.8 Å². The normalized spacial score (nSPS) is 14.3. The monoisotopic (exact) mass is 597 g/mol. The van der Waals surface area contributed by atoms with Gasteiger partial charge in [-0.25, -0.2) is 9.97 Å². The SMILES string of the molecule is COc1cnccc1-c1ccc2nc(Nc3cc(CN4CCN(C(=O)CC(F)(F)F)CC4)ccn3)[nH]c2c1OCC(C)C. The van der Waals surface area contributed by atoms with E-state index in [9.17, 15) is 18.0 Å². The first-order valence-electron chi connectivity index (χ1n) is 14.0. The molecule has 0 aliphatic carbocycles.